The fraction of sp³-hybridized carbons (Fsp3) is 0.222. The Labute approximate surface area is 166 Å². The lowest BCUT2D eigenvalue weighted by atomic mass is 10.2. The number of carbonyl (C=O) groups excluding carboxylic acids is 1. The first-order valence-corrected chi connectivity index (χ1v) is 9.41. The van der Waals surface area contributed by atoms with E-state index in [9.17, 15) is 4.79 Å². The standard InChI is InChI=1S/C18H18ClN5O2S/c1-11-6-4-5-7-15(11)24-18(21-22-23-24)27-12(2)17(25)20-14-10-13(19)8-9-16(14)26-3/h4-10,12H,1-3H3,(H,20,25). The fourth-order valence-corrected chi connectivity index (χ4v) is 3.40. The first-order chi connectivity index (χ1) is 13.0. The number of ether oxygens (including phenoxy) is 1. The van der Waals surface area contributed by atoms with E-state index in [-0.39, 0.29) is 5.91 Å². The first kappa shape index (κ1) is 19.2. The number of tetrazole rings is 1. The number of hydrogen-bond acceptors (Lipinski definition) is 6. The van der Waals surface area contributed by atoms with Crippen molar-refractivity contribution < 1.29 is 9.53 Å². The Kier molecular flexibility index (Phi) is 5.98. The van der Waals surface area contributed by atoms with Crippen molar-refractivity contribution in [2.75, 3.05) is 12.4 Å². The third-order valence-corrected chi connectivity index (χ3v) is 5.12. The van der Waals surface area contributed by atoms with Gasteiger partial charge in [-0.2, -0.15) is 4.68 Å². The maximum absolute atomic E-state index is 12.6. The van der Waals surface area contributed by atoms with Gasteiger partial charge >= 0.3 is 0 Å². The molecule has 0 fully saturated rings. The minimum atomic E-state index is -0.442. The van der Waals surface area contributed by atoms with E-state index in [0.717, 1.165) is 11.3 Å². The average molecular weight is 404 g/mol. The van der Waals surface area contributed by atoms with Crippen LogP contribution in [-0.4, -0.2) is 38.5 Å². The highest BCUT2D eigenvalue weighted by Gasteiger charge is 2.21. The molecule has 0 bridgehead atoms. The molecule has 1 heterocycles. The summed E-state index contributed by atoms with van der Waals surface area (Å²) in [4.78, 5) is 12.6. The van der Waals surface area contributed by atoms with Gasteiger partial charge in [0.1, 0.15) is 5.75 Å². The van der Waals surface area contributed by atoms with Crippen LogP contribution in [-0.2, 0) is 4.79 Å². The molecule has 1 amide bonds. The summed E-state index contributed by atoms with van der Waals surface area (Å²) in [6.07, 6.45) is 0. The lowest BCUT2D eigenvalue weighted by Gasteiger charge is -2.14. The van der Waals surface area contributed by atoms with Crippen molar-refractivity contribution >= 4 is 35.0 Å². The molecule has 1 aromatic heterocycles. The molecule has 2 aromatic carbocycles. The van der Waals surface area contributed by atoms with Gasteiger partial charge in [0.25, 0.3) is 0 Å². The minimum absolute atomic E-state index is 0.208. The Morgan fingerprint density at radius 1 is 1.30 bits per heavy atom. The van der Waals surface area contributed by atoms with Crippen LogP contribution in [0.3, 0.4) is 0 Å². The monoisotopic (exact) mass is 403 g/mol. The van der Waals surface area contributed by atoms with E-state index in [1.54, 1.807) is 29.8 Å². The topological polar surface area (TPSA) is 81.9 Å². The van der Waals surface area contributed by atoms with Crippen LogP contribution < -0.4 is 10.1 Å². The van der Waals surface area contributed by atoms with Gasteiger partial charge in [0.05, 0.1) is 23.7 Å². The van der Waals surface area contributed by atoms with Gasteiger partial charge in [0.2, 0.25) is 11.1 Å². The van der Waals surface area contributed by atoms with Gasteiger partial charge in [-0.15, -0.1) is 5.10 Å². The van der Waals surface area contributed by atoms with Gasteiger partial charge in [0, 0.05) is 5.02 Å². The molecular weight excluding hydrogens is 386 g/mol. The molecule has 0 saturated heterocycles. The molecule has 1 unspecified atom stereocenters. The molecule has 0 aliphatic heterocycles. The van der Waals surface area contributed by atoms with Gasteiger partial charge in [0.15, 0.2) is 0 Å². The van der Waals surface area contributed by atoms with E-state index in [1.807, 2.05) is 31.2 Å². The number of aryl methyl sites for hydroxylation is 1. The highest BCUT2D eigenvalue weighted by Crippen LogP contribution is 2.30. The third-order valence-electron chi connectivity index (χ3n) is 3.86. The number of nitrogens with zero attached hydrogens (tertiary/aromatic N) is 4. The van der Waals surface area contributed by atoms with Gasteiger partial charge in [-0.25, -0.2) is 0 Å². The van der Waals surface area contributed by atoms with Crippen molar-refractivity contribution in [3.8, 4) is 11.4 Å². The summed E-state index contributed by atoms with van der Waals surface area (Å²) in [6.45, 7) is 3.76. The summed E-state index contributed by atoms with van der Waals surface area (Å²) in [5.41, 5.74) is 2.42. The van der Waals surface area contributed by atoms with E-state index in [2.05, 4.69) is 20.8 Å². The van der Waals surface area contributed by atoms with Crippen LogP contribution in [0.1, 0.15) is 12.5 Å². The van der Waals surface area contributed by atoms with Crippen LogP contribution in [0, 0.1) is 6.92 Å². The summed E-state index contributed by atoms with van der Waals surface area (Å²) < 4.78 is 6.89. The number of aromatic nitrogens is 4. The molecule has 0 aliphatic carbocycles. The number of benzene rings is 2. The van der Waals surface area contributed by atoms with E-state index in [0.29, 0.717) is 21.6 Å². The quantitative estimate of drug-likeness (QED) is 0.631. The van der Waals surface area contributed by atoms with E-state index in [4.69, 9.17) is 16.3 Å². The summed E-state index contributed by atoms with van der Waals surface area (Å²) in [7, 11) is 1.54. The van der Waals surface area contributed by atoms with Crippen molar-refractivity contribution in [3.05, 3.63) is 53.1 Å². The zero-order chi connectivity index (χ0) is 19.4. The number of anilines is 1. The number of thioether (sulfide) groups is 1. The number of rotatable bonds is 6. The molecule has 3 aromatic rings. The van der Waals surface area contributed by atoms with E-state index < -0.39 is 5.25 Å². The molecule has 0 radical (unpaired) electrons. The second-order valence-electron chi connectivity index (χ2n) is 5.75. The summed E-state index contributed by atoms with van der Waals surface area (Å²) in [5.74, 6) is 0.328. The maximum Gasteiger partial charge on any atom is 0.237 e. The van der Waals surface area contributed by atoms with Gasteiger partial charge in [-0.3, -0.25) is 4.79 Å². The molecule has 0 saturated carbocycles. The molecule has 0 spiro atoms. The SMILES string of the molecule is COc1ccc(Cl)cc1NC(=O)C(C)Sc1nnnn1-c1ccccc1C. The Bertz CT molecular complexity index is 962. The Hall–Kier alpha value is -2.58. The predicted octanol–water partition coefficient (Wildman–Crippen LogP) is 3.75. The predicted molar refractivity (Wildman–Crippen MR) is 106 cm³/mol. The molecular formula is C18H18ClN5O2S. The zero-order valence-corrected chi connectivity index (χ0v) is 16.6. The maximum atomic E-state index is 12.6. The van der Waals surface area contributed by atoms with Crippen LogP contribution in [0.25, 0.3) is 5.69 Å². The Morgan fingerprint density at radius 2 is 2.07 bits per heavy atom. The van der Waals surface area contributed by atoms with Crippen molar-refractivity contribution in [2.24, 2.45) is 0 Å². The Balaban J connectivity index is 1.76. The molecule has 1 atom stereocenters. The number of methoxy groups -OCH3 is 1. The fourth-order valence-electron chi connectivity index (χ4n) is 2.43. The van der Waals surface area contributed by atoms with Crippen molar-refractivity contribution in [1.29, 1.82) is 0 Å². The molecule has 9 heteroatoms. The van der Waals surface area contributed by atoms with E-state index >= 15 is 0 Å². The van der Waals surface area contributed by atoms with Gasteiger partial charge < -0.3 is 10.1 Å². The van der Waals surface area contributed by atoms with E-state index in [1.165, 1.54) is 18.9 Å². The molecule has 0 aliphatic rings. The largest absolute Gasteiger partial charge is 0.495 e. The summed E-state index contributed by atoms with van der Waals surface area (Å²) in [5, 5.41) is 15.3. The normalized spacial score (nSPS) is 11.9. The van der Waals surface area contributed by atoms with Gasteiger partial charge in [-0.1, -0.05) is 41.6 Å². The van der Waals surface area contributed by atoms with Crippen LogP contribution in [0.15, 0.2) is 47.6 Å². The lowest BCUT2D eigenvalue weighted by Crippen LogP contribution is -2.23. The highest BCUT2D eigenvalue weighted by molar-refractivity contribution is 8.00. The number of nitrogens with one attached hydrogen (secondary N) is 1. The number of halogens is 1. The molecule has 27 heavy (non-hydrogen) atoms. The van der Waals surface area contributed by atoms with Crippen molar-refractivity contribution in [3.63, 3.8) is 0 Å². The lowest BCUT2D eigenvalue weighted by molar-refractivity contribution is -0.115. The Morgan fingerprint density at radius 3 is 2.81 bits per heavy atom. The van der Waals surface area contributed by atoms with Crippen LogP contribution in [0.5, 0.6) is 5.75 Å². The molecule has 7 nitrogen and oxygen atoms in total. The summed E-state index contributed by atoms with van der Waals surface area (Å²) >= 11 is 7.28. The second-order valence-corrected chi connectivity index (χ2v) is 7.50. The number of para-hydroxylation sites is 1. The smallest absolute Gasteiger partial charge is 0.237 e. The second kappa shape index (κ2) is 8.41. The first-order valence-electron chi connectivity index (χ1n) is 8.15. The number of hydrogen-bond donors (Lipinski definition) is 1. The summed E-state index contributed by atoms with van der Waals surface area (Å²) in [6, 6.07) is 12.8. The average Bonchev–Trinajstić information content (AvgIpc) is 3.10. The molecule has 140 valence electrons. The van der Waals surface area contributed by atoms with Crippen LogP contribution in [0.2, 0.25) is 5.02 Å². The van der Waals surface area contributed by atoms with Crippen LogP contribution in [0.4, 0.5) is 5.69 Å². The number of amides is 1. The van der Waals surface area contributed by atoms with Gasteiger partial charge in [-0.05, 0) is 54.1 Å². The zero-order valence-electron chi connectivity index (χ0n) is 15.0. The highest BCUT2D eigenvalue weighted by atomic mass is 35.5. The molecule has 3 rings (SSSR count). The minimum Gasteiger partial charge on any atom is -0.495 e. The van der Waals surface area contributed by atoms with Crippen LogP contribution >= 0.6 is 23.4 Å². The van der Waals surface area contributed by atoms with Crippen molar-refractivity contribution in [1.82, 2.24) is 20.2 Å². The molecule has 1 N–H and O–H groups in total. The number of carbonyl (C=O) groups is 1. The third kappa shape index (κ3) is 4.40. The van der Waals surface area contributed by atoms with Crippen molar-refractivity contribution in [2.45, 2.75) is 24.3 Å².